The summed E-state index contributed by atoms with van der Waals surface area (Å²) in [5.74, 6) is 0.247. The van der Waals surface area contributed by atoms with Crippen LogP contribution in [-0.2, 0) is 17.6 Å². The number of para-hydroxylation sites is 2. The van der Waals surface area contributed by atoms with Crippen molar-refractivity contribution in [3.05, 3.63) is 53.5 Å². The molecule has 1 saturated heterocycles. The van der Waals surface area contributed by atoms with Crippen molar-refractivity contribution in [2.75, 3.05) is 31.5 Å². The third-order valence-corrected chi connectivity index (χ3v) is 6.28. The van der Waals surface area contributed by atoms with Crippen molar-refractivity contribution < 1.29 is 19.1 Å². The van der Waals surface area contributed by atoms with Crippen LogP contribution in [0.25, 0.3) is 11.1 Å². The highest BCUT2D eigenvalue weighted by atomic mass is 16.4. The van der Waals surface area contributed by atoms with E-state index in [-0.39, 0.29) is 18.3 Å². The molecule has 1 unspecified atom stereocenters. The van der Waals surface area contributed by atoms with E-state index >= 15 is 0 Å². The van der Waals surface area contributed by atoms with Crippen molar-refractivity contribution in [1.82, 2.24) is 19.8 Å². The molecular formula is C24H27N5O4. The molecule has 2 aromatic heterocycles. The number of pyridine rings is 1. The van der Waals surface area contributed by atoms with Crippen LogP contribution in [-0.4, -0.2) is 63.1 Å². The van der Waals surface area contributed by atoms with Crippen LogP contribution in [0, 0.1) is 0 Å². The van der Waals surface area contributed by atoms with Gasteiger partial charge in [-0.2, -0.15) is 0 Å². The number of oxazole rings is 1. The highest BCUT2D eigenvalue weighted by Gasteiger charge is 2.37. The monoisotopic (exact) mass is 449 g/mol. The quantitative estimate of drug-likeness (QED) is 0.542. The van der Waals surface area contributed by atoms with Gasteiger partial charge in [-0.05, 0) is 49.4 Å². The van der Waals surface area contributed by atoms with Crippen LogP contribution in [0.4, 0.5) is 10.6 Å². The van der Waals surface area contributed by atoms with Crippen LogP contribution < -0.4 is 5.32 Å². The molecule has 1 atom stereocenters. The number of carboxylic acid groups (broad SMARTS) is 1. The number of hydrogen-bond donors (Lipinski definition) is 2. The van der Waals surface area contributed by atoms with E-state index in [9.17, 15) is 14.7 Å². The van der Waals surface area contributed by atoms with Gasteiger partial charge in [0.2, 0.25) is 5.89 Å². The van der Waals surface area contributed by atoms with Gasteiger partial charge in [-0.15, -0.1) is 0 Å². The van der Waals surface area contributed by atoms with Crippen LogP contribution >= 0.6 is 0 Å². The van der Waals surface area contributed by atoms with Gasteiger partial charge in [0.15, 0.2) is 5.58 Å². The zero-order valence-electron chi connectivity index (χ0n) is 18.4. The second-order valence-electron chi connectivity index (χ2n) is 8.54. The Bertz CT molecular complexity index is 1140. The molecule has 1 aromatic carbocycles. The molecule has 33 heavy (non-hydrogen) atoms. The van der Waals surface area contributed by atoms with Crippen molar-refractivity contribution in [2.24, 2.45) is 0 Å². The lowest BCUT2D eigenvalue weighted by Gasteiger charge is -2.24. The smallest absolute Gasteiger partial charge is 0.320 e. The summed E-state index contributed by atoms with van der Waals surface area (Å²) in [6.45, 7) is 2.54. The molecule has 9 heteroatoms. The summed E-state index contributed by atoms with van der Waals surface area (Å²) in [4.78, 5) is 37.2. The molecule has 0 saturated carbocycles. The molecule has 9 nitrogen and oxygen atoms in total. The summed E-state index contributed by atoms with van der Waals surface area (Å²) in [6.07, 6.45) is 3.51. The van der Waals surface area contributed by atoms with E-state index in [0.717, 1.165) is 43.7 Å². The fourth-order valence-corrected chi connectivity index (χ4v) is 4.59. The first-order valence-corrected chi connectivity index (χ1v) is 11.4. The standard InChI is InChI=1S/C24H27N5O4/c30-21(31)15-19(23-27-18-7-1-2-8-20(18)33-23)29-14-13-28(24(29)32)12-4-6-17-10-9-16-5-3-11-25-22(16)26-17/h1-2,7-10,19H,3-6,11-15H2,(H,25,26)(H,30,31). The van der Waals surface area contributed by atoms with E-state index in [0.29, 0.717) is 30.7 Å². The number of carbonyl (C=O) groups is 2. The Labute approximate surface area is 191 Å². The number of aryl methyl sites for hydroxylation is 2. The van der Waals surface area contributed by atoms with Crippen LogP contribution in [0.5, 0.6) is 0 Å². The van der Waals surface area contributed by atoms with Crippen LogP contribution in [0.1, 0.15) is 42.5 Å². The number of anilines is 1. The van der Waals surface area contributed by atoms with Gasteiger partial charge in [-0.1, -0.05) is 18.2 Å². The molecule has 3 aromatic rings. The van der Waals surface area contributed by atoms with Gasteiger partial charge in [-0.25, -0.2) is 14.8 Å². The van der Waals surface area contributed by atoms with Gasteiger partial charge < -0.3 is 24.6 Å². The average molecular weight is 450 g/mol. The predicted octanol–water partition coefficient (Wildman–Crippen LogP) is 3.47. The Balaban J connectivity index is 1.23. The zero-order chi connectivity index (χ0) is 22.8. The fraction of sp³-hybridized carbons (Fsp3) is 0.417. The Kier molecular flexibility index (Phi) is 5.85. The fourth-order valence-electron chi connectivity index (χ4n) is 4.59. The van der Waals surface area contributed by atoms with E-state index in [1.54, 1.807) is 15.9 Å². The maximum absolute atomic E-state index is 13.1. The number of fused-ring (bicyclic) bond motifs is 2. The Morgan fingerprint density at radius 3 is 2.91 bits per heavy atom. The van der Waals surface area contributed by atoms with Gasteiger partial charge in [0.05, 0.1) is 6.42 Å². The van der Waals surface area contributed by atoms with Gasteiger partial charge in [-0.3, -0.25) is 4.79 Å². The topological polar surface area (TPSA) is 112 Å². The third-order valence-electron chi connectivity index (χ3n) is 6.28. The summed E-state index contributed by atoms with van der Waals surface area (Å²) in [5, 5.41) is 12.8. The van der Waals surface area contributed by atoms with Crippen LogP contribution in [0.2, 0.25) is 0 Å². The molecule has 0 spiro atoms. The van der Waals surface area contributed by atoms with Gasteiger partial charge in [0, 0.05) is 31.9 Å². The van der Waals surface area contributed by atoms with Gasteiger partial charge >= 0.3 is 12.0 Å². The van der Waals surface area contributed by atoms with Crippen molar-refractivity contribution in [3.8, 4) is 0 Å². The number of rotatable bonds is 8. The Morgan fingerprint density at radius 1 is 1.18 bits per heavy atom. The Morgan fingerprint density at radius 2 is 2.06 bits per heavy atom. The molecule has 2 N–H and O–H groups in total. The summed E-state index contributed by atoms with van der Waals surface area (Å²) in [7, 11) is 0. The molecule has 4 heterocycles. The maximum Gasteiger partial charge on any atom is 0.320 e. The second kappa shape index (κ2) is 9.09. The molecule has 0 bridgehead atoms. The first-order chi connectivity index (χ1) is 16.1. The van der Waals surface area contributed by atoms with E-state index < -0.39 is 12.0 Å². The minimum atomic E-state index is -0.999. The zero-order valence-corrected chi connectivity index (χ0v) is 18.4. The third kappa shape index (κ3) is 4.48. The number of carboxylic acids is 1. The van der Waals surface area contributed by atoms with E-state index in [1.807, 2.05) is 18.2 Å². The molecule has 2 amide bonds. The number of benzene rings is 1. The highest BCUT2D eigenvalue weighted by molar-refractivity contribution is 5.78. The second-order valence-corrected chi connectivity index (χ2v) is 8.54. The highest BCUT2D eigenvalue weighted by Crippen LogP contribution is 2.30. The Hall–Kier alpha value is -3.62. The number of aromatic nitrogens is 2. The summed E-state index contributed by atoms with van der Waals surface area (Å²) < 4.78 is 5.81. The number of carbonyl (C=O) groups excluding carboxylic acids is 1. The number of amides is 2. The molecule has 2 aliphatic rings. The molecule has 0 radical (unpaired) electrons. The first kappa shape index (κ1) is 21.2. The maximum atomic E-state index is 13.1. The van der Waals surface area contributed by atoms with E-state index in [1.165, 1.54) is 5.56 Å². The summed E-state index contributed by atoms with van der Waals surface area (Å²) >= 11 is 0. The molecular weight excluding hydrogens is 422 g/mol. The minimum absolute atomic E-state index is 0.177. The van der Waals surface area contributed by atoms with Crippen LogP contribution in [0.15, 0.2) is 40.8 Å². The van der Waals surface area contributed by atoms with Crippen molar-refractivity contribution in [3.63, 3.8) is 0 Å². The lowest BCUT2D eigenvalue weighted by molar-refractivity contribution is -0.138. The largest absolute Gasteiger partial charge is 0.481 e. The summed E-state index contributed by atoms with van der Waals surface area (Å²) in [6, 6.07) is 10.6. The molecule has 1 fully saturated rings. The number of urea groups is 1. The lowest BCUT2D eigenvalue weighted by Crippen LogP contribution is -2.36. The van der Waals surface area contributed by atoms with E-state index in [2.05, 4.69) is 22.4 Å². The van der Waals surface area contributed by atoms with E-state index in [4.69, 9.17) is 9.40 Å². The normalized spacial score (nSPS) is 16.7. The molecule has 0 aliphatic carbocycles. The van der Waals surface area contributed by atoms with Crippen LogP contribution in [0.3, 0.4) is 0 Å². The van der Waals surface area contributed by atoms with Crippen molar-refractivity contribution >= 4 is 28.9 Å². The average Bonchev–Trinajstić information content (AvgIpc) is 3.41. The molecule has 5 rings (SSSR count). The number of nitrogens with one attached hydrogen (secondary N) is 1. The first-order valence-electron chi connectivity index (χ1n) is 11.4. The van der Waals surface area contributed by atoms with Gasteiger partial charge in [0.25, 0.3) is 0 Å². The molecule has 172 valence electrons. The number of hydrogen-bond acceptors (Lipinski definition) is 6. The molecule has 2 aliphatic heterocycles. The lowest BCUT2D eigenvalue weighted by atomic mass is 10.1. The predicted molar refractivity (Wildman–Crippen MR) is 122 cm³/mol. The SMILES string of the molecule is O=C(O)CC(c1nc2ccccc2o1)N1CCN(CCCc2ccc3c(n2)NCCC3)C1=O. The van der Waals surface area contributed by atoms with Crippen molar-refractivity contribution in [2.45, 2.75) is 38.1 Å². The van der Waals surface area contributed by atoms with Gasteiger partial charge in [0.1, 0.15) is 17.4 Å². The minimum Gasteiger partial charge on any atom is -0.481 e. The van der Waals surface area contributed by atoms with Crippen molar-refractivity contribution in [1.29, 1.82) is 0 Å². The number of nitrogens with zero attached hydrogens (tertiary/aromatic N) is 4. The number of aliphatic carboxylic acids is 1. The summed E-state index contributed by atoms with van der Waals surface area (Å²) in [5.41, 5.74) is 3.51.